The van der Waals surface area contributed by atoms with Gasteiger partial charge >= 0.3 is 0 Å². The van der Waals surface area contributed by atoms with Gasteiger partial charge in [-0.25, -0.2) is 0 Å². The lowest BCUT2D eigenvalue weighted by molar-refractivity contribution is -0.384. The molecule has 20 heavy (non-hydrogen) atoms. The quantitative estimate of drug-likeness (QED) is 0.623. The maximum Gasteiger partial charge on any atom is 0.287 e. The van der Waals surface area contributed by atoms with Crippen LogP contribution in [-0.4, -0.2) is 45.9 Å². The van der Waals surface area contributed by atoms with E-state index in [1.807, 2.05) is 4.90 Å². The zero-order chi connectivity index (χ0) is 14.5. The largest absolute Gasteiger partial charge is 0.351 e. The first kappa shape index (κ1) is 13.1. The number of carbonyl (C=O) groups is 1. The van der Waals surface area contributed by atoms with Crippen molar-refractivity contribution in [3.05, 3.63) is 28.1 Å². The Balaban J connectivity index is 1.85. The Kier molecular flexibility index (Phi) is 2.82. The number of aromatic nitrogens is 1. The first-order valence-corrected chi connectivity index (χ1v) is 6.76. The van der Waals surface area contributed by atoms with Crippen LogP contribution < -0.4 is 5.32 Å². The summed E-state index contributed by atoms with van der Waals surface area (Å²) in [5.41, 5.74) is -0.0181. The van der Waals surface area contributed by atoms with Crippen molar-refractivity contribution in [1.82, 2.24) is 15.2 Å². The number of hydrogen-bond donors (Lipinski definition) is 2. The number of carbonyl (C=O) groups excluding carboxylic acids is 1. The molecule has 0 bridgehead atoms. The zero-order valence-corrected chi connectivity index (χ0v) is 11.5. The summed E-state index contributed by atoms with van der Waals surface area (Å²) in [6, 6.07) is 1.31. The van der Waals surface area contributed by atoms with E-state index >= 15 is 0 Å². The molecule has 2 unspecified atom stereocenters. The zero-order valence-electron chi connectivity index (χ0n) is 11.5. The van der Waals surface area contributed by atoms with Crippen molar-refractivity contribution in [2.45, 2.75) is 19.4 Å². The molecule has 3 heterocycles. The summed E-state index contributed by atoms with van der Waals surface area (Å²) < 4.78 is 0. The summed E-state index contributed by atoms with van der Waals surface area (Å²) in [7, 11) is 0. The van der Waals surface area contributed by atoms with E-state index in [-0.39, 0.29) is 22.8 Å². The Morgan fingerprint density at radius 2 is 2.25 bits per heavy atom. The van der Waals surface area contributed by atoms with Crippen LogP contribution in [0.4, 0.5) is 5.69 Å². The highest BCUT2D eigenvalue weighted by molar-refractivity contribution is 5.94. The highest BCUT2D eigenvalue weighted by Gasteiger charge is 2.51. The molecule has 0 aromatic carbocycles. The van der Waals surface area contributed by atoms with E-state index < -0.39 is 4.92 Å². The van der Waals surface area contributed by atoms with E-state index in [0.717, 1.165) is 13.1 Å². The van der Waals surface area contributed by atoms with Gasteiger partial charge < -0.3 is 15.2 Å². The molecule has 2 atom stereocenters. The monoisotopic (exact) mass is 278 g/mol. The second kappa shape index (κ2) is 4.31. The molecule has 2 aliphatic rings. The Morgan fingerprint density at radius 3 is 2.85 bits per heavy atom. The smallest absolute Gasteiger partial charge is 0.287 e. The van der Waals surface area contributed by atoms with E-state index in [1.54, 1.807) is 0 Å². The molecule has 2 aliphatic heterocycles. The molecule has 108 valence electrons. The van der Waals surface area contributed by atoms with Gasteiger partial charge in [0.05, 0.1) is 11.1 Å². The summed E-state index contributed by atoms with van der Waals surface area (Å²) in [6.07, 6.45) is 1.26. The average Bonchev–Trinajstić information content (AvgIpc) is 3.06. The van der Waals surface area contributed by atoms with Gasteiger partial charge in [0.2, 0.25) is 0 Å². The average molecular weight is 278 g/mol. The maximum atomic E-state index is 12.6. The van der Waals surface area contributed by atoms with Crippen LogP contribution in [0, 0.1) is 22.0 Å². The number of likely N-dealkylation sites (tertiary alicyclic amines) is 1. The Hall–Kier alpha value is -1.89. The molecule has 0 aliphatic carbocycles. The Labute approximate surface area is 116 Å². The second-order valence-electron chi connectivity index (χ2n) is 6.12. The van der Waals surface area contributed by atoms with Gasteiger partial charge in [-0.2, -0.15) is 0 Å². The van der Waals surface area contributed by atoms with Gasteiger partial charge in [-0.15, -0.1) is 0 Å². The van der Waals surface area contributed by atoms with Gasteiger partial charge in [0.25, 0.3) is 11.6 Å². The van der Waals surface area contributed by atoms with Crippen LogP contribution in [0.3, 0.4) is 0 Å². The molecule has 2 fully saturated rings. The molecule has 1 amide bonds. The molecule has 2 N–H and O–H groups in total. The summed E-state index contributed by atoms with van der Waals surface area (Å²) >= 11 is 0. The number of H-pyrrole nitrogens is 1. The van der Waals surface area contributed by atoms with Crippen LogP contribution in [0.15, 0.2) is 12.3 Å². The second-order valence-corrected chi connectivity index (χ2v) is 6.12. The van der Waals surface area contributed by atoms with Crippen molar-refractivity contribution in [3.8, 4) is 0 Å². The highest BCUT2D eigenvalue weighted by atomic mass is 16.6. The van der Waals surface area contributed by atoms with Crippen molar-refractivity contribution in [1.29, 1.82) is 0 Å². The van der Waals surface area contributed by atoms with Crippen molar-refractivity contribution in [2.24, 2.45) is 11.8 Å². The number of rotatable bonds is 2. The Morgan fingerprint density at radius 1 is 1.50 bits per heavy atom. The number of nitro groups is 1. The summed E-state index contributed by atoms with van der Waals surface area (Å²) in [6.45, 7) is 6.70. The fourth-order valence-corrected chi connectivity index (χ4v) is 3.52. The minimum atomic E-state index is -0.499. The molecule has 1 aromatic heterocycles. The van der Waals surface area contributed by atoms with Gasteiger partial charge in [0.15, 0.2) is 0 Å². The van der Waals surface area contributed by atoms with Crippen molar-refractivity contribution in [3.63, 3.8) is 0 Å². The van der Waals surface area contributed by atoms with Gasteiger partial charge in [-0.05, 0) is 25.7 Å². The summed E-state index contributed by atoms with van der Waals surface area (Å²) in [5, 5.41) is 14.1. The number of amides is 1. The molecular formula is C13H18N4O3. The predicted molar refractivity (Wildman–Crippen MR) is 72.4 cm³/mol. The lowest BCUT2D eigenvalue weighted by atomic mass is 9.85. The molecule has 0 saturated carbocycles. The van der Waals surface area contributed by atoms with Gasteiger partial charge in [-0.1, -0.05) is 0 Å². The molecule has 3 rings (SSSR count). The topological polar surface area (TPSA) is 91.3 Å². The highest BCUT2D eigenvalue weighted by Crippen LogP contribution is 2.41. The number of nitrogens with one attached hydrogen (secondary N) is 2. The van der Waals surface area contributed by atoms with Crippen LogP contribution in [0.25, 0.3) is 0 Å². The molecular weight excluding hydrogens is 260 g/mol. The predicted octanol–water partition coefficient (Wildman–Crippen LogP) is 0.993. The molecule has 7 nitrogen and oxygen atoms in total. The number of aromatic amines is 1. The minimum absolute atomic E-state index is 0.0767. The minimum Gasteiger partial charge on any atom is -0.351 e. The van der Waals surface area contributed by atoms with E-state index in [1.165, 1.54) is 12.3 Å². The first-order valence-electron chi connectivity index (χ1n) is 6.76. The fraction of sp³-hybridized carbons (Fsp3) is 0.615. The number of nitrogens with zero attached hydrogens (tertiary/aromatic N) is 2. The van der Waals surface area contributed by atoms with E-state index in [0.29, 0.717) is 18.4 Å². The lowest BCUT2D eigenvalue weighted by Crippen LogP contribution is -2.47. The molecule has 7 heteroatoms. The standard InChI is InChI=1S/C13H18N4O3/c1-13(2)10-6-14-4-8(10)7-16(13)12(18)11-3-9(5-15-11)17(19)20/h3,5,8,10,14-15H,4,6-7H2,1-2H3. The van der Waals surface area contributed by atoms with E-state index in [2.05, 4.69) is 24.1 Å². The van der Waals surface area contributed by atoms with E-state index in [4.69, 9.17) is 0 Å². The maximum absolute atomic E-state index is 12.6. The number of fused-ring (bicyclic) bond motifs is 1. The Bertz CT molecular complexity index is 566. The van der Waals surface area contributed by atoms with Crippen molar-refractivity contribution < 1.29 is 9.72 Å². The molecule has 0 spiro atoms. The first-order chi connectivity index (χ1) is 9.41. The van der Waals surface area contributed by atoms with Gasteiger partial charge in [0.1, 0.15) is 5.69 Å². The van der Waals surface area contributed by atoms with Crippen LogP contribution >= 0.6 is 0 Å². The summed E-state index contributed by atoms with van der Waals surface area (Å²) in [5.74, 6) is 0.757. The van der Waals surface area contributed by atoms with Crippen LogP contribution in [-0.2, 0) is 0 Å². The lowest BCUT2D eigenvalue weighted by Gasteiger charge is -2.35. The molecule has 1 aromatic rings. The molecule has 0 radical (unpaired) electrons. The van der Waals surface area contributed by atoms with E-state index in [9.17, 15) is 14.9 Å². The SMILES string of the molecule is CC1(C)C2CNCC2CN1C(=O)c1cc([N+](=O)[O-])c[nH]1. The molecule has 2 saturated heterocycles. The van der Waals surface area contributed by atoms with Crippen LogP contribution in [0.5, 0.6) is 0 Å². The normalized spacial score (nSPS) is 27.6. The van der Waals surface area contributed by atoms with Crippen LogP contribution in [0.1, 0.15) is 24.3 Å². The third kappa shape index (κ3) is 1.81. The van der Waals surface area contributed by atoms with Gasteiger partial charge in [0, 0.05) is 31.2 Å². The van der Waals surface area contributed by atoms with Crippen molar-refractivity contribution in [2.75, 3.05) is 19.6 Å². The van der Waals surface area contributed by atoms with Crippen LogP contribution in [0.2, 0.25) is 0 Å². The third-order valence-corrected chi connectivity index (χ3v) is 4.71. The fourth-order valence-electron chi connectivity index (χ4n) is 3.52. The summed E-state index contributed by atoms with van der Waals surface area (Å²) in [4.78, 5) is 27.3. The third-order valence-electron chi connectivity index (χ3n) is 4.71. The number of hydrogen-bond acceptors (Lipinski definition) is 4. The van der Waals surface area contributed by atoms with Crippen molar-refractivity contribution >= 4 is 11.6 Å². The van der Waals surface area contributed by atoms with Gasteiger partial charge in [-0.3, -0.25) is 14.9 Å².